The first-order valence-corrected chi connectivity index (χ1v) is 8.48. The van der Waals surface area contributed by atoms with Gasteiger partial charge in [-0.25, -0.2) is 0 Å². The first-order chi connectivity index (χ1) is 11.1. The Labute approximate surface area is 140 Å². The van der Waals surface area contributed by atoms with E-state index in [1.165, 1.54) is 0 Å². The molecule has 1 aromatic heterocycles. The van der Waals surface area contributed by atoms with Crippen LogP contribution < -0.4 is 15.5 Å². The Kier molecular flexibility index (Phi) is 4.43. The van der Waals surface area contributed by atoms with E-state index < -0.39 is 0 Å². The van der Waals surface area contributed by atoms with Gasteiger partial charge >= 0.3 is 0 Å². The number of thioether (sulfide) groups is 1. The van der Waals surface area contributed by atoms with E-state index in [0.29, 0.717) is 11.1 Å². The molecule has 0 fully saturated rings. The number of nitrogens with one attached hydrogen (secondary N) is 2. The highest BCUT2D eigenvalue weighted by Crippen LogP contribution is 2.22. The van der Waals surface area contributed by atoms with Crippen molar-refractivity contribution >= 4 is 34.2 Å². The molecular formula is C17H21N3O2S. The Balaban J connectivity index is 0.00000208. The Morgan fingerprint density at radius 3 is 2.91 bits per heavy atom. The lowest BCUT2D eigenvalue weighted by Gasteiger charge is -2.18. The smallest absolute Gasteiger partial charge is 0.190 e. The summed E-state index contributed by atoms with van der Waals surface area (Å²) in [5, 5.41) is 5.97. The zero-order valence-corrected chi connectivity index (χ0v) is 14.2. The highest BCUT2D eigenvalue weighted by atomic mass is 32.2. The van der Waals surface area contributed by atoms with Crippen molar-refractivity contribution in [1.82, 2.24) is 10.3 Å². The minimum atomic E-state index is -0.0166. The lowest BCUT2D eigenvalue weighted by atomic mass is 10.1. The monoisotopic (exact) mass is 331 g/mol. The summed E-state index contributed by atoms with van der Waals surface area (Å²) >= 11 is 1.66. The van der Waals surface area contributed by atoms with Crippen LogP contribution in [0.2, 0.25) is 0 Å². The number of aromatic amines is 1. The second kappa shape index (κ2) is 6.50. The average Bonchev–Trinajstić information content (AvgIpc) is 2.53. The number of H-pyrrole nitrogens is 1. The fraction of sp³-hybridized carbons (Fsp3) is 0.294. The van der Waals surface area contributed by atoms with E-state index in [2.05, 4.69) is 15.3 Å². The zero-order chi connectivity index (χ0) is 16.4. The summed E-state index contributed by atoms with van der Waals surface area (Å²) in [6.45, 7) is 4.09. The summed E-state index contributed by atoms with van der Waals surface area (Å²) in [6, 6.07) is 7.25. The van der Waals surface area contributed by atoms with E-state index in [9.17, 15) is 4.79 Å². The summed E-state index contributed by atoms with van der Waals surface area (Å²) in [6.07, 6.45) is 0. The van der Waals surface area contributed by atoms with Gasteiger partial charge < -0.3 is 15.0 Å². The van der Waals surface area contributed by atoms with Crippen molar-refractivity contribution in [1.29, 1.82) is 0 Å². The van der Waals surface area contributed by atoms with Gasteiger partial charge in [0.2, 0.25) is 0 Å². The Morgan fingerprint density at radius 2 is 2.17 bits per heavy atom. The lowest BCUT2D eigenvalue weighted by Crippen LogP contribution is -2.28. The molecule has 2 aromatic rings. The van der Waals surface area contributed by atoms with E-state index in [1.807, 2.05) is 25.3 Å². The predicted molar refractivity (Wildman–Crippen MR) is 99.4 cm³/mol. The summed E-state index contributed by atoms with van der Waals surface area (Å²) in [5.41, 5.74) is 2.35. The van der Waals surface area contributed by atoms with Crippen molar-refractivity contribution in [2.75, 3.05) is 12.9 Å². The number of rotatable bonds is 3. The topological polar surface area (TPSA) is 66.5 Å². The first-order valence-electron chi connectivity index (χ1n) is 7.43. The van der Waals surface area contributed by atoms with E-state index in [0.717, 1.165) is 28.5 Å². The highest BCUT2D eigenvalue weighted by molar-refractivity contribution is 8.03. The molecule has 6 heteroatoms. The summed E-state index contributed by atoms with van der Waals surface area (Å²) in [4.78, 5) is 20.2. The average molecular weight is 331 g/mol. The third-order valence-corrected chi connectivity index (χ3v) is 4.28. The molecule has 0 atom stereocenters. The number of aromatic nitrogens is 1. The van der Waals surface area contributed by atoms with Crippen LogP contribution in [-0.4, -0.2) is 29.7 Å². The Morgan fingerprint density at radius 1 is 1.35 bits per heavy atom. The molecule has 0 bridgehead atoms. The van der Waals surface area contributed by atoms with Gasteiger partial charge in [-0.05, 0) is 31.4 Å². The minimum absolute atomic E-state index is 0. The molecule has 0 unspecified atom stereocenters. The van der Waals surface area contributed by atoms with Crippen LogP contribution in [0.25, 0.3) is 16.6 Å². The van der Waals surface area contributed by atoms with Crippen molar-refractivity contribution in [3.05, 3.63) is 45.6 Å². The van der Waals surface area contributed by atoms with Gasteiger partial charge in [0.15, 0.2) is 5.43 Å². The molecule has 3 rings (SSSR count). The van der Waals surface area contributed by atoms with Crippen molar-refractivity contribution in [3.63, 3.8) is 0 Å². The third kappa shape index (κ3) is 3.42. The van der Waals surface area contributed by atoms with Gasteiger partial charge in [0.25, 0.3) is 0 Å². The number of nitrogens with zero attached hydrogens (tertiary/aromatic N) is 1. The standard InChI is InChI=1S/C17H19N3O2S.H2/c1-10(2)18-17-9-23-8-15(20-17)14-7-16(21)12-5-4-11(22-3)6-13(12)19-14;/h4-8,10H,9H2,1-3H3,(H,18,20)(H,19,21);1H. The van der Waals surface area contributed by atoms with Crippen LogP contribution >= 0.6 is 11.8 Å². The van der Waals surface area contributed by atoms with Gasteiger partial charge in [-0.1, -0.05) is 0 Å². The number of hydrogen-bond acceptors (Lipinski definition) is 4. The predicted octanol–water partition coefficient (Wildman–Crippen LogP) is 3.22. The molecule has 1 aliphatic heterocycles. The molecule has 0 aliphatic carbocycles. The molecule has 0 saturated carbocycles. The number of ether oxygens (including phenoxy) is 1. The lowest BCUT2D eigenvalue weighted by molar-refractivity contribution is 0.415. The fourth-order valence-electron chi connectivity index (χ4n) is 2.44. The molecule has 2 heterocycles. The molecular weight excluding hydrogens is 310 g/mol. The molecule has 1 aromatic carbocycles. The summed E-state index contributed by atoms with van der Waals surface area (Å²) in [7, 11) is 1.61. The van der Waals surface area contributed by atoms with Gasteiger partial charge in [0.1, 0.15) is 11.6 Å². The van der Waals surface area contributed by atoms with E-state index >= 15 is 0 Å². The van der Waals surface area contributed by atoms with Gasteiger partial charge in [0.05, 0.1) is 29.8 Å². The zero-order valence-electron chi connectivity index (χ0n) is 13.3. The Bertz CT molecular complexity index is 859. The quantitative estimate of drug-likeness (QED) is 0.906. The maximum atomic E-state index is 12.3. The first kappa shape index (κ1) is 15.7. The molecule has 0 amide bonds. The van der Waals surface area contributed by atoms with E-state index in [4.69, 9.17) is 4.74 Å². The molecule has 0 spiro atoms. The number of methoxy groups -OCH3 is 1. The number of aliphatic imine (C=N–C) groups is 1. The SMILES string of the molecule is COc1ccc2c(=O)cc(C3=CSCC(=NC(C)C)N3)[nH]c2c1.[HH]. The Hall–Kier alpha value is -2.21. The fourth-order valence-corrected chi connectivity index (χ4v) is 3.18. The molecule has 2 N–H and O–H groups in total. The number of hydrogen-bond donors (Lipinski definition) is 2. The molecule has 0 radical (unpaired) electrons. The van der Waals surface area contributed by atoms with Crippen LogP contribution in [0.4, 0.5) is 0 Å². The van der Waals surface area contributed by atoms with Crippen LogP contribution in [0, 0.1) is 0 Å². The van der Waals surface area contributed by atoms with Gasteiger partial charge in [-0.15, -0.1) is 11.8 Å². The highest BCUT2D eigenvalue weighted by Gasteiger charge is 2.14. The van der Waals surface area contributed by atoms with Crippen LogP contribution in [-0.2, 0) is 0 Å². The number of pyridine rings is 1. The molecule has 23 heavy (non-hydrogen) atoms. The summed E-state index contributed by atoms with van der Waals surface area (Å²) < 4.78 is 5.23. The minimum Gasteiger partial charge on any atom is -0.497 e. The second-order valence-corrected chi connectivity index (χ2v) is 6.45. The van der Waals surface area contributed by atoms with E-state index in [1.54, 1.807) is 37.1 Å². The van der Waals surface area contributed by atoms with Gasteiger partial charge in [-0.3, -0.25) is 9.79 Å². The van der Waals surface area contributed by atoms with Crippen LogP contribution in [0.3, 0.4) is 0 Å². The van der Waals surface area contributed by atoms with Crippen molar-refractivity contribution in [2.24, 2.45) is 4.99 Å². The largest absolute Gasteiger partial charge is 0.497 e. The maximum absolute atomic E-state index is 12.3. The summed E-state index contributed by atoms with van der Waals surface area (Å²) in [5.74, 6) is 2.45. The van der Waals surface area contributed by atoms with Crippen molar-refractivity contribution in [2.45, 2.75) is 19.9 Å². The third-order valence-electron chi connectivity index (χ3n) is 3.44. The van der Waals surface area contributed by atoms with Crippen molar-refractivity contribution < 1.29 is 6.16 Å². The molecule has 122 valence electrons. The molecule has 0 saturated heterocycles. The van der Waals surface area contributed by atoms with Crippen LogP contribution in [0.15, 0.2) is 39.5 Å². The number of amidine groups is 1. The van der Waals surface area contributed by atoms with E-state index in [-0.39, 0.29) is 12.9 Å². The van der Waals surface area contributed by atoms with Crippen LogP contribution in [0.1, 0.15) is 21.0 Å². The van der Waals surface area contributed by atoms with Crippen molar-refractivity contribution in [3.8, 4) is 5.75 Å². The van der Waals surface area contributed by atoms with Gasteiger partial charge in [-0.2, -0.15) is 0 Å². The number of benzene rings is 1. The maximum Gasteiger partial charge on any atom is 0.190 e. The van der Waals surface area contributed by atoms with Crippen LogP contribution in [0.5, 0.6) is 5.75 Å². The van der Waals surface area contributed by atoms with Gasteiger partial charge in [0, 0.05) is 25.0 Å². The molecule has 1 aliphatic rings. The second-order valence-electron chi connectivity index (χ2n) is 5.60. The normalized spacial score (nSPS) is 16.5. The molecule has 5 nitrogen and oxygen atoms in total. The number of fused-ring (bicyclic) bond motifs is 1.